The number of anilines is 2. The number of aromatic nitrogens is 4. The first-order valence-electron chi connectivity index (χ1n) is 13.9. The van der Waals surface area contributed by atoms with Crippen molar-refractivity contribution in [1.82, 2.24) is 20.0 Å². The molecule has 2 aromatic heterocycles. The number of aliphatic hydroxyl groups excluding tert-OH is 2. The molecule has 0 bridgehead atoms. The summed E-state index contributed by atoms with van der Waals surface area (Å²) in [7, 11) is -3.65. The number of nitrogens with zero attached hydrogens (tertiary/aromatic N) is 5. The number of nitrogens with one attached hydrogen (secondary N) is 1. The standard InChI is InChI=1S/C28H36N6O4S/c35-16-17-39(37,38)31-21-8-9-25(26(18-21)33-14-12-28(10-11-28)13-15-33)34-19-24(30-32-34)22-6-3-7-23(29-22)27(36)20-4-1-2-5-20/h3,6-9,18-20,27,31,35-36H,1-2,4-5,10-17H2/t27-/m1/s1. The van der Waals surface area contributed by atoms with Crippen LogP contribution in [0.25, 0.3) is 17.1 Å². The van der Waals surface area contributed by atoms with E-state index in [-0.39, 0.29) is 11.7 Å². The molecule has 1 aliphatic heterocycles. The van der Waals surface area contributed by atoms with Crippen molar-refractivity contribution < 1.29 is 18.6 Å². The van der Waals surface area contributed by atoms with E-state index < -0.39 is 22.7 Å². The molecular formula is C28H36N6O4S. The summed E-state index contributed by atoms with van der Waals surface area (Å²) in [4.78, 5) is 7.02. The van der Waals surface area contributed by atoms with Crippen LogP contribution >= 0.6 is 0 Å². The third-order valence-electron chi connectivity index (χ3n) is 8.65. The summed E-state index contributed by atoms with van der Waals surface area (Å²) in [6.07, 6.45) is 10.4. The fourth-order valence-electron chi connectivity index (χ4n) is 6.06. The summed E-state index contributed by atoms with van der Waals surface area (Å²) in [6.45, 7) is 1.34. The monoisotopic (exact) mass is 552 g/mol. The summed E-state index contributed by atoms with van der Waals surface area (Å²) < 4.78 is 28.9. The Morgan fingerprint density at radius 3 is 2.51 bits per heavy atom. The van der Waals surface area contributed by atoms with Gasteiger partial charge < -0.3 is 15.1 Å². The van der Waals surface area contributed by atoms with Gasteiger partial charge in [-0.1, -0.05) is 24.1 Å². The molecule has 2 aliphatic carbocycles. The molecule has 39 heavy (non-hydrogen) atoms. The highest BCUT2D eigenvalue weighted by Gasteiger charge is 2.44. The number of hydrogen-bond donors (Lipinski definition) is 3. The number of pyridine rings is 1. The second-order valence-corrected chi connectivity index (χ2v) is 13.2. The fraction of sp³-hybridized carbons (Fsp3) is 0.536. The molecule has 3 heterocycles. The van der Waals surface area contributed by atoms with Gasteiger partial charge in [-0.05, 0) is 80.2 Å². The van der Waals surface area contributed by atoms with Gasteiger partial charge in [0.2, 0.25) is 10.0 Å². The van der Waals surface area contributed by atoms with E-state index in [1.807, 2.05) is 36.5 Å². The van der Waals surface area contributed by atoms with Crippen molar-refractivity contribution in [3.8, 4) is 17.1 Å². The van der Waals surface area contributed by atoms with Crippen LogP contribution in [0, 0.1) is 11.3 Å². The topological polar surface area (TPSA) is 133 Å². The van der Waals surface area contributed by atoms with E-state index in [0.29, 0.717) is 28.2 Å². The van der Waals surface area contributed by atoms with E-state index in [0.717, 1.165) is 63.0 Å². The minimum atomic E-state index is -3.65. The molecule has 208 valence electrons. The first-order chi connectivity index (χ1) is 18.8. The second kappa shape index (κ2) is 10.5. The lowest BCUT2D eigenvalue weighted by Gasteiger charge is -2.35. The second-order valence-electron chi connectivity index (χ2n) is 11.3. The molecule has 1 saturated heterocycles. The van der Waals surface area contributed by atoms with Crippen molar-refractivity contribution >= 4 is 21.4 Å². The number of piperidine rings is 1. The van der Waals surface area contributed by atoms with Gasteiger partial charge >= 0.3 is 0 Å². The van der Waals surface area contributed by atoms with Crippen molar-refractivity contribution in [3.05, 3.63) is 48.3 Å². The molecule has 2 saturated carbocycles. The van der Waals surface area contributed by atoms with Crippen LogP contribution in [0.15, 0.2) is 42.6 Å². The first kappa shape index (κ1) is 26.2. The Balaban J connectivity index is 1.30. The molecular weight excluding hydrogens is 516 g/mol. The van der Waals surface area contributed by atoms with Gasteiger partial charge in [0, 0.05) is 13.1 Å². The van der Waals surface area contributed by atoms with Crippen LogP contribution in [0.1, 0.15) is 63.2 Å². The minimum absolute atomic E-state index is 0.249. The lowest BCUT2D eigenvalue weighted by atomic mass is 9.93. The van der Waals surface area contributed by atoms with Gasteiger partial charge in [-0.2, -0.15) is 0 Å². The van der Waals surface area contributed by atoms with E-state index in [9.17, 15) is 13.5 Å². The van der Waals surface area contributed by atoms with Crippen LogP contribution in [0.3, 0.4) is 0 Å². The number of benzene rings is 1. The fourth-order valence-corrected chi connectivity index (χ4v) is 6.88. The van der Waals surface area contributed by atoms with Gasteiger partial charge in [0.25, 0.3) is 0 Å². The summed E-state index contributed by atoms with van der Waals surface area (Å²) >= 11 is 0. The molecule has 3 N–H and O–H groups in total. The van der Waals surface area contributed by atoms with Crippen molar-refractivity contribution in [1.29, 1.82) is 0 Å². The highest BCUT2D eigenvalue weighted by molar-refractivity contribution is 7.92. The quantitative estimate of drug-likeness (QED) is 0.366. The zero-order chi connectivity index (χ0) is 27.0. The van der Waals surface area contributed by atoms with E-state index >= 15 is 0 Å². The van der Waals surface area contributed by atoms with Crippen LogP contribution in [-0.4, -0.2) is 64.1 Å². The predicted octanol–water partition coefficient (Wildman–Crippen LogP) is 3.67. The van der Waals surface area contributed by atoms with Crippen LogP contribution in [0.4, 0.5) is 11.4 Å². The number of hydrogen-bond acceptors (Lipinski definition) is 8. The maximum Gasteiger partial charge on any atom is 0.234 e. The third-order valence-corrected chi connectivity index (χ3v) is 9.92. The molecule has 6 rings (SSSR count). The smallest absolute Gasteiger partial charge is 0.234 e. The van der Waals surface area contributed by atoms with Crippen LogP contribution in [0.2, 0.25) is 0 Å². The molecule has 3 aromatic rings. The zero-order valence-electron chi connectivity index (χ0n) is 22.0. The molecule has 1 atom stereocenters. The SMILES string of the molecule is O=S(=O)(CCO)Nc1ccc(-n2cc(-c3cccc([C@H](O)C4CCCC4)n3)nn2)c(N2CCC3(CC2)CC3)c1. The molecule has 1 spiro atoms. The van der Waals surface area contributed by atoms with Crippen LogP contribution < -0.4 is 9.62 Å². The molecule has 1 aromatic carbocycles. The van der Waals surface area contributed by atoms with E-state index in [1.165, 1.54) is 12.8 Å². The molecule has 3 aliphatic rings. The van der Waals surface area contributed by atoms with Crippen LogP contribution in [-0.2, 0) is 10.0 Å². The maximum absolute atomic E-state index is 12.3. The molecule has 0 unspecified atom stereocenters. The Labute approximate surface area is 229 Å². The van der Waals surface area contributed by atoms with E-state index in [2.05, 4.69) is 19.9 Å². The lowest BCUT2D eigenvalue weighted by molar-refractivity contribution is 0.107. The highest BCUT2D eigenvalue weighted by atomic mass is 32.2. The third kappa shape index (κ3) is 5.66. The predicted molar refractivity (Wildman–Crippen MR) is 149 cm³/mol. The van der Waals surface area contributed by atoms with Gasteiger partial charge in [0.15, 0.2) is 0 Å². The molecule has 10 nitrogen and oxygen atoms in total. The molecule has 0 radical (unpaired) electrons. The normalized spacial score (nSPS) is 19.9. The van der Waals surface area contributed by atoms with Gasteiger partial charge in [-0.15, -0.1) is 5.10 Å². The average molecular weight is 553 g/mol. The first-order valence-corrected chi connectivity index (χ1v) is 15.6. The number of aliphatic hydroxyl groups is 2. The number of sulfonamides is 1. The van der Waals surface area contributed by atoms with Crippen molar-refractivity contribution in [2.75, 3.05) is 35.1 Å². The Morgan fingerprint density at radius 1 is 1.03 bits per heavy atom. The molecule has 0 amide bonds. The van der Waals surface area contributed by atoms with Crippen molar-refractivity contribution in [3.63, 3.8) is 0 Å². The minimum Gasteiger partial charge on any atom is -0.395 e. The van der Waals surface area contributed by atoms with Crippen LogP contribution in [0.5, 0.6) is 0 Å². The summed E-state index contributed by atoms with van der Waals surface area (Å²) in [5.74, 6) is -0.108. The van der Waals surface area contributed by atoms with Gasteiger partial charge in [0.1, 0.15) is 5.69 Å². The summed E-state index contributed by atoms with van der Waals surface area (Å²) in [6, 6.07) is 11.0. The number of rotatable bonds is 9. The lowest BCUT2D eigenvalue weighted by Crippen LogP contribution is -2.35. The maximum atomic E-state index is 12.3. The van der Waals surface area contributed by atoms with Gasteiger partial charge in [0.05, 0.1) is 53.1 Å². The molecule has 3 fully saturated rings. The van der Waals surface area contributed by atoms with Gasteiger partial charge in [-0.3, -0.25) is 4.72 Å². The van der Waals surface area contributed by atoms with E-state index in [4.69, 9.17) is 10.1 Å². The van der Waals surface area contributed by atoms with Crippen molar-refractivity contribution in [2.24, 2.45) is 11.3 Å². The Bertz CT molecular complexity index is 1420. The van der Waals surface area contributed by atoms with Gasteiger partial charge in [-0.25, -0.2) is 18.1 Å². The van der Waals surface area contributed by atoms with E-state index in [1.54, 1.807) is 10.7 Å². The average Bonchev–Trinajstić information content (AvgIpc) is 3.32. The Hall–Kier alpha value is -3.02. The highest BCUT2D eigenvalue weighted by Crippen LogP contribution is 2.54. The zero-order valence-corrected chi connectivity index (χ0v) is 22.9. The summed E-state index contributed by atoms with van der Waals surface area (Å²) in [5, 5.41) is 28.8. The Morgan fingerprint density at radius 2 is 1.79 bits per heavy atom. The molecule has 11 heteroatoms. The van der Waals surface area contributed by atoms with Crippen molar-refractivity contribution in [2.45, 2.75) is 57.5 Å². The Kier molecular flexibility index (Phi) is 7.07. The summed E-state index contributed by atoms with van der Waals surface area (Å²) in [5.41, 5.74) is 4.54. The largest absolute Gasteiger partial charge is 0.395 e.